The van der Waals surface area contributed by atoms with Crippen LogP contribution >= 0.6 is 11.6 Å². The van der Waals surface area contributed by atoms with E-state index in [9.17, 15) is 15.0 Å². The van der Waals surface area contributed by atoms with Gasteiger partial charge in [0.05, 0.1) is 35.5 Å². The molecule has 8 heteroatoms. The summed E-state index contributed by atoms with van der Waals surface area (Å²) in [5.41, 5.74) is 3.15. The molecule has 2 atom stereocenters. The molecule has 1 heterocycles. The van der Waals surface area contributed by atoms with Crippen molar-refractivity contribution in [1.29, 1.82) is 0 Å². The minimum atomic E-state index is -1.23. The lowest BCUT2D eigenvalue weighted by Crippen LogP contribution is -2.40. The molecular weight excluding hydrogens is 542 g/mol. The second-order valence-electron chi connectivity index (χ2n) is 10.0. The number of esters is 1. The molecule has 2 N–H and O–H groups in total. The quantitative estimate of drug-likeness (QED) is 0.256. The molecule has 0 amide bonds. The van der Waals surface area contributed by atoms with E-state index < -0.39 is 18.1 Å². The first-order valence-corrected chi connectivity index (χ1v) is 14.0. The summed E-state index contributed by atoms with van der Waals surface area (Å²) in [5, 5.41) is 21.7. The Labute approximate surface area is 246 Å². The average molecular weight is 578 g/mol. The predicted octanol–water partition coefficient (Wildman–Crippen LogP) is 5.98. The van der Waals surface area contributed by atoms with Gasteiger partial charge in [-0.25, -0.2) is 4.79 Å². The first-order valence-electron chi connectivity index (χ1n) is 13.7. The first kappa shape index (κ1) is 30.2. The fourth-order valence-corrected chi connectivity index (χ4v) is 4.79. The Morgan fingerprint density at radius 2 is 1.54 bits per heavy atom. The van der Waals surface area contributed by atoms with Gasteiger partial charge in [-0.3, -0.25) is 0 Å². The highest BCUT2D eigenvalue weighted by molar-refractivity contribution is 6.32. The Balaban J connectivity index is 1.77. The van der Waals surface area contributed by atoms with Crippen LogP contribution in [0.15, 0.2) is 90.6 Å². The summed E-state index contributed by atoms with van der Waals surface area (Å²) < 4.78 is 17.6. The van der Waals surface area contributed by atoms with Gasteiger partial charge in [0, 0.05) is 17.8 Å². The van der Waals surface area contributed by atoms with Crippen molar-refractivity contribution in [2.24, 2.45) is 5.92 Å². The fraction of sp³-hybridized carbons (Fsp3) is 0.303. The van der Waals surface area contributed by atoms with Gasteiger partial charge in [-0.15, -0.1) is 0 Å². The molecule has 0 aromatic heterocycles. The molecule has 0 saturated carbocycles. The Morgan fingerprint density at radius 1 is 0.951 bits per heavy atom. The largest absolute Gasteiger partial charge is 0.488 e. The maximum absolute atomic E-state index is 12.7. The van der Waals surface area contributed by atoms with Gasteiger partial charge < -0.3 is 29.3 Å². The highest BCUT2D eigenvalue weighted by atomic mass is 35.5. The highest BCUT2D eigenvalue weighted by Gasteiger charge is 2.33. The molecule has 3 aromatic carbocycles. The molecule has 0 fully saturated rings. The molecule has 1 aliphatic heterocycles. The van der Waals surface area contributed by atoms with Crippen molar-refractivity contribution in [2.45, 2.75) is 46.1 Å². The van der Waals surface area contributed by atoms with Crippen LogP contribution in [-0.4, -0.2) is 46.4 Å². The lowest BCUT2D eigenvalue weighted by atomic mass is 9.95. The summed E-state index contributed by atoms with van der Waals surface area (Å²) in [6.45, 7) is 6.23. The molecular formula is C33H36ClNO6. The minimum absolute atomic E-state index is 0.00373. The van der Waals surface area contributed by atoms with Gasteiger partial charge >= 0.3 is 5.97 Å². The molecule has 1 aliphatic rings. The second-order valence-corrected chi connectivity index (χ2v) is 10.4. The van der Waals surface area contributed by atoms with E-state index in [1.54, 1.807) is 36.2 Å². The highest BCUT2D eigenvalue weighted by Crippen LogP contribution is 2.41. The van der Waals surface area contributed by atoms with E-state index in [2.05, 4.69) is 0 Å². The monoisotopic (exact) mass is 577 g/mol. The third-order valence-electron chi connectivity index (χ3n) is 6.80. The molecule has 41 heavy (non-hydrogen) atoms. The van der Waals surface area contributed by atoms with Gasteiger partial charge in [0.15, 0.2) is 0 Å². The number of aliphatic hydroxyl groups is 2. The molecule has 0 aliphatic carbocycles. The fourth-order valence-electron chi connectivity index (χ4n) is 4.57. The maximum atomic E-state index is 12.7. The first-order chi connectivity index (χ1) is 19.8. The van der Waals surface area contributed by atoms with Crippen molar-refractivity contribution in [3.63, 3.8) is 0 Å². The number of benzene rings is 3. The molecule has 0 unspecified atom stereocenters. The number of ether oxygens (including phenoxy) is 3. The van der Waals surface area contributed by atoms with Crippen LogP contribution in [0.2, 0.25) is 5.02 Å². The third-order valence-corrected chi connectivity index (χ3v) is 7.10. The Kier molecular flexibility index (Phi) is 10.5. The number of aliphatic hydroxyl groups excluding tert-OH is 2. The zero-order valence-electron chi connectivity index (χ0n) is 23.5. The molecule has 7 nitrogen and oxygen atoms in total. The Hall–Kier alpha value is -3.78. The van der Waals surface area contributed by atoms with Gasteiger partial charge in [0.1, 0.15) is 30.8 Å². The number of hydrogen-bond donors (Lipinski definition) is 2. The van der Waals surface area contributed by atoms with Crippen LogP contribution in [0.25, 0.3) is 5.70 Å². The average Bonchev–Trinajstić information content (AvgIpc) is 2.97. The van der Waals surface area contributed by atoms with Crippen LogP contribution in [0, 0.1) is 5.92 Å². The zero-order chi connectivity index (χ0) is 29.4. The van der Waals surface area contributed by atoms with Gasteiger partial charge in [-0.2, -0.15) is 0 Å². The van der Waals surface area contributed by atoms with E-state index in [1.807, 2.05) is 74.5 Å². The number of rotatable bonds is 12. The third kappa shape index (κ3) is 7.50. The van der Waals surface area contributed by atoms with Crippen molar-refractivity contribution in [3.05, 3.63) is 112 Å². The van der Waals surface area contributed by atoms with Crippen LogP contribution in [-0.2, 0) is 22.7 Å². The molecule has 216 valence electrons. The van der Waals surface area contributed by atoms with Crippen LogP contribution in [0.3, 0.4) is 0 Å². The molecule has 4 rings (SSSR count). The SMILES string of the molecule is CCOC(=O)C1=CN([C@@H](CO)C(C)C)C(c2cc(Cl)c(OCc3ccccc3)cc2OCc2ccccc2)=C[C@H]1O. The van der Waals surface area contributed by atoms with Crippen molar-refractivity contribution in [1.82, 2.24) is 4.90 Å². The van der Waals surface area contributed by atoms with Crippen molar-refractivity contribution < 1.29 is 29.2 Å². The van der Waals surface area contributed by atoms with E-state index in [0.717, 1.165) is 11.1 Å². The smallest absolute Gasteiger partial charge is 0.338 e. The second kappa shape index (κ2) is 14.2. The summed E-state index contributed by atoms with van der Waals surface area (Å²) in [6.07, 6.45) is 1.87. The maximum Gasteiger partial charge on any atom is 0.338 e. The number of hydrogen-bond acceptors (Lipinski definition) is 7. The number of halogens is 1. The number of carbonyl (C=O) groups is 1. The number of nitrogens with zero attached hydrogens (tertiary/aromatic N) is 1. The topological polar surface area (TPSA) is 88.5 Å². The van der Waals surface area contributed by atoms with Crippen molar-refractivity contribution in [2.75, 3.05) is 13.2 Å². The normalized spacial score (nSPS) is 15.7. The molecule has 0 saturated heterocycles. The predicted molar refractivity (Wildman–Crippen MR) is 159 cm³/mol. The summed E-state index contributed by atoms with van der Waals surface area (Å²) in [5.74, 6) is 0.286. The standard InChI is InChI=1S/C33H36ClNO6/c1-4-39-33(38)26-18-35(29(19-36)22(2)3)28(16-30(26)37)25-15-27(34)32(41-21-24-13-9-6-10-14-24)17-31(25)40-20-23-11-7-5-8-12-23/h5-18,22,29-30,36-37H,4,19-21H2,1-3H3/t29-,30+/m0/s1. The summed E-state index contributed by atoms with van der Waals surface area (Å²) >= 11 is 6.76. The van der Waals surface area contributed by atoms with E-state index in [-0.39, 0.29) is 31.3 Å². The molecule has 0 spiro atoms. The van der Waals surface area contributed by atoms with Gasteiger partial charge in [-0.1, -0.05) is 86.1 Å². The van der Waals surface area contributed by atoms with Crippen LogP contribution in [0.1, 0.15) is 37.5 Å². The molecule has 0 bridgehead atoms. The van der Waals surface area contributed by atoms with E-state index >= 15 is 0 Å². The van der Waals surface area contributed by atoms with E-state index in [1.165, 1.54) is 0 Å². The Morgan fingerprint density at radius 3 is 2.07 bits per heavy atom. The van der Waals surface area contributed by atoms with Crippen LogP contribution < -0.4 is 9.47 Å². The summed E-state index contributed by atoms with van der Waals surface area (Å²) in [6, 6.07) is 22.6. The lowest BCUT2D eigenvalue weighted by molar-refractivity contribution is -0.139. The molecule has 0 radical (unpaired) electrons. The summed E-state index contributed by atoms with van der Waals surface area (Å²) in [7, 11) is 0. The van der Waals surface area contributed by atoms with Gasteiger partial charge in [0.25, 0.3) is 0 Å². The van der Waals surface area contributed by atoms with E-state index in [4.69, 9.17) is 25.8 Å². The van der Waals surface area contributed by atoms with Gasteiger partial charge in [-0.05, 0) is 36.1 Å². The van der Waals surface area contributed by atoms with E-state index in [0.29, 0.717) is 34.4 Å². The van der Waals surface area contributed by atoms with Crippen LogP contribution in [0.4, 0.5) is 0 Å². The zero-order valence-corrected chi connectivity index (χ0v) is 24.3. The molecule has 3 aromatic rings. The van der Waals surface area contributed by atoms with Gasteiger partial charge in [0.2, 0.25) is 0 Å². The summed E-state index contributed by atoms with van der Waals surface area (Å²) in [4.78, 5) is 14.4. The van der Waals surface area contributed by atoms with Crippen LogP contribution in [0.5, 0.6) is 11.5 Å². The minimum Gasteiger partial charge on any atom is -0.488 e. The Bertz CT molecular complexity index is 1370. The lowest BCUT2D eigenvalue weighted by Gasteiger charge is -2.38. The number of carbonyl (C=O) groups excluding carboxylic acids is 1. The van der Waals surface area contributed by atoms with Crippen molar-refractivity contribution >= 4 is 23.3 Å². The van der Waals surface area contributed by atoms with Crippen molar-refractivity contribution in [3.8, 4) is 11.5 Å².